The van der Waals surface area contributed by atoms with Gasteiger partial charge in [0.05, 0.1) is 12.7 Å². The number of aliphatic hydroxyl groups is 1. The quantitative estimate of drug-likeness (QED) is 0.769. The molecule has 1 aromatic carbocycles. The molecule has 0 fully saturated rings. The largest absolute Gasteiger partial charge is 0.389 e. The number of hydrogen-bond acceptors (Lipinski definition) is 3. The molecule has 0 radical (unpaired) electrons. The lowest BCUT2D eigenvalue weighted by Crippen LogP contribution is -2.32. The van der Waals surface area contributed by atoms with Crippen molar-refractivity contribution in [3.63, 3.8) is 0 Å². The maximum atomic E-state index is 9.81. The molecule has 0 amide bonds. The molecule has 1 unspecified atom stereocenters. The summed E-state index contributed by atoms with van der Waals surface area (Å²) in [6.07, 6.45) is -0.461. The summed E-state index contributed by atoms with van der Waals surface area (Å²) in [7, 11) is 0. The Hall–Kier alpha value is -0.420. The minimum absolute atomic E-state index is 0.216. The van der Waals surface area contributed by atoms with Crippen LogP contribution in [0.15, 0.2) is 28.7 Å². The van der Waals surface area contributed by atoms with Gasteiger partial charge in [-0.1, -0.05) is 41.9 Å². The van der Waals surface area contributed by atoms with Gasteiger partial charge in [0.1, 0.15) is 0 Å². The molecule has 0 aliphatic rings. The van der Waals surface area contributed by atoms with E-state index in [4.69, 9.17) is 4.74 Å². The molecule has 0 aromatic heterocycles. The Bertz CT molecular complexity index is 354. The monoisotopic (exact) mass is 329 g/mol. The molecule has 108 valence electrons. The molecule has 0 bridgehead atoms. The van der Waals surface area contributed by atoms with Gasteiger partial charge in [0.15, 0.2) is 0 Å². The number of hydrogen-bond donors (Lipinski definition) is 2. The average molecular weight is 330 g/mol. The summed E-state index contributed by atoms with van der Waals surface area (Å²) in [6, 6.07) is 8.41. The van der Waals surface area contributed by atoms with Gasteiger partial charge in [0, 0.05) is 23.7 Å². The van der Waals surface area contributed by atoms with Gasteiger partial charge in [-0.15, -0.1) is 0 Å². The highest BCUT2D eigenvalue weighted by Crippen LogP contribution is 2.16. The van der Waals surface area contributed by atoms with Crippen LogP contribution in [-0.2, 0) is 4.74 Å². The summed E-state index contributed by atoms with van der Waals surface area (Å²) < 4.78 is 6.49. The predicted octanol–water partition coefficient (Wildman–Crippen LogP) is 3.13. The summed E-state index contributed by atoms with van der Waals surface area (Å²) in [6.45, 7) is 7.90. The second-order valence-electron chi connectivity index (χ2n) is 5.27. The highest BCUT2D eigenvalue weighted by molar-refractivity contribution is 9.10. The minimum atomic E-state index is -0.461. The normalized spacial score (nSPS) is 14.6. The molecule has 0 aliphatic carbocycles. The van der Waals surface area contributed by atoms with Crippen LogP contribution < -0.4 is 5.32 Å². The first kappa shape index (κ1) is 16.6. The molecule has 0 saturated carbocycles. The van der Waals surface area contributed by atoms with Gasteiger partial charge >= 0.3 is 0 Å². The molecule has 0 spiro atoms. The standard InChI is InChI=1S/C15H24BrNO2/c1-11(2)9-19-10-15(18)8-17-12(3)13-4-6-14(16)7-5-13/h4-7,11-12,15,17-18H,8-10H2,1-3H3/t12-,15?/m0/s1. The molecule has 2 N–H and O–H groups in total. The summed E-state index contributed by atoms with van der Waals surface area (Å²) in [5.74, 6) is 0.502. The lowest BCUT2D eigenvalue weighted by molar-refractivity contribution is 0.0252. The Balaban J connectivity index is 2.25. The third-order valence-electron chi connectivity index (χ3n) is 2.79. The first-order chi connectivity index (χ1) is 8.99. The van der Waals surface area contributed by atoms with Crippen molar-refractivity contribution in [2.45, 2.75) is 32.9 Å². The molecule has 0 saturated heterocycles. The molecule has 4 heteroatoms. The van der Waals surface area contributed by atoms with Crippen molar-refractivity contribution < 1.29 is 9.84 Å². The third kappa shape index (κ3) is 7.06. The van der Waals surface area contributed by atoms with Crippen molar-refractivity contribution in [2.75, 3.05) is 19.8 Å². The lowest BCUT2D eigenvalue weighted by atomic mass is 10.1. The fourth-order valence-corrected chi connectivity index (χ4v) is 1.95. The van der Waals surface area contributed by atoms with Crippen molar-refractivity contribution >= 4 is 15.9 Å². The maximum Gasteiger partial charge on any atom is 0.0897 e. The van der Waals surface area contributed by atoms with Crippen LogP contribution in [0.5, 0.6) is 0 Å². The van der Waals surface area contributed by atoms with E-state index in [0.29, 0.717) is 25.7 Å². The van der Waals surface area contributed by atoms with E-state index >= 15 is 0 Å². The highest BCUT2D eigenvalue weighted by atomic mass is 79.9. The van der Waals surface area contributed by atoms with E-state index < -0.39 is 6.10 Å². The minimum Gasteiger partial charge on any atom is -0.389 e. The Morgan fingerprint density at radius 3 is 2.37 bits per heavy atom. The third-order valence-corrected chi connectivity index (χ3v) is 3.32. The number of rotatable bonds is 8. The van der Waals surface area contributed by atoms with Crippen LogP contribution in [0.2, 0.25) is 0 Å². The van der Waals surface area contributed by atoms with Crippen molar-refractivity contribution in [2.24, 2.45) is 5.92 Å². The van der Waals surface area contributed by atoms with Gasteiger partial charge in [-0.05, 0) is 30.5 Å². The zero-order chi connectivity index (χ0) is 14.3. The molecule has 2 atom stereocenters. The van der Waals surface area contributed by atoms with Crippen molar-refractivity contribution in [1.29, 1.82) is 0 Å². The van der Waals surface area contributed by atoms with Gasteiger partial charge in [0.25, 0.3) is 0 Å². The van der Waals surface area contributed by atoms with Crippen LogP contribution in [0.25, 0.3) is 0 Å². The Morgan fingerprint density at radius 1 is 1.16 bits per heavy atom. The zero-order valence-electron chi connectivity index (χ0n) is 11.9. The van der Waals surface area contributed by atoms with E-state index in [-0.39, 0.29) is 6.04 Å². The van der Waals surface area contributed by atoms with Crippen LogP contribution in [-0.4, -0.2) is 31.0 Å². The SMILES string of the molecule is CC(C)COCC(O)CN[C@@H](C)c1ccc(Br)cc1. The average Bonchev–Trinajstić information content (AvgIpc) is 2.36. The zero-order valence-corrected chi connectivity index (χ0v) is 13.5. The first-order valence-corrected chi connectivity index (χ1v) is 7.53. The van der Waals surface area contributed by atoms with Crippen LogP contribution >= 0.6 is 15.9 Å². The van der Waals surface area contributed by atoms with E-state index in [0.717, 1.165) is 4.47 Å². The fourth-order valence-electron chi connectivity index (χ4n) is 1.68. The van der Waals surface area contributed by atoms with E-state index in [9.17, 15) is 5.11 Å². The Kier molecular flexibility index (Phi) is 7.61. The molecule has 0 heterocycles. The van der Waals surface area contributed by atoms with Crippen molar-refractivity contribution in [3.05, 3.63) is 34.3 Å². The number of ether oxygens (including phenoxy) is 1. The number of benzene rings is 1. The highest BCUT2D eigenvalue weighted by Gasteiger charge is 2.09. The lowest BCUT2D eigenvalue weighted by Gasteiger charge is -2.18. The van der Waals surface area contributed by atoms with Gasteiger partial charge in [-0.3, -0.25) is 0 Å². The number of aliphatic hydroxyl groups excluding tert-OH is 1. The van der Waals surface area contributed by atoms with E-state index in [1.54, 1.807) is 0 Å². The first-order valence-electron chi connectivity index (χ1n) is 6.73. The summed E-state index contributed by atoms with van der Waals surface area (Å²) >= 11 is 3.42. The maximum absolute atomic E-state index is 9.81. The second kappa shape index (κ2) is 8.69. The van der Waals surface area contributed by atoms with Gasteiger partial charge < -0.3 is 15.2 Å². The Labute approximate surface area is 124 Å². The molecular weight excluding hydrogens is 306 g/mol. The fraction of sp³-hybridized carbons (Fsp3) is 0.600. The summed E-state index contributed by atoms with van der Waals surface area (Å²) in [4.78, 5) is 0. The molecule has 19 heavy (non-hydrogen) atoms. The van der Waals surface area contributed by atoms with Crippen molar-refractivity contribution in [3.8, 4) is 0 Å². The molecule has 1 rings (SSSR count). The van der Waals surface area contributed by atoms with E-state index in [1.165, 1.54) is 5.56 Å². The molecule has 0 aliphatic heterocycles. The Morgan fingerprint density at radius 2 is 1.79 bits per heavy atom. The van der Waals surface area contributed by atoms with Crippen molar-refractivity contribution in [1.82, 2.24) is 5.32 Å². The van der Waals surface area contributed by atoms with Crippen LogP contribution in [0.3, 0.4) is 0 Å². The summed E-state index contributed by atoms with van der Waals surface area (Å²) in [5, 5.41) is 13.1. The molecule has 1 aromatic rings. The van der Waals surface area contributed by atoms with E-state index in [2.05, 4.69) is 54.2 Å². The van der Waals surface area contributed by atoms with Crippen LogP contribution in [0, 0.1) is 5.92 Å². The van der Waals surface area contributed by atoms with Gasteiger partial charge in [-0.25, -0.2) is 0 Å². The van der Waals surface area contributed by atoms with E-state index in [1.807, 2.05) is 12.1 Å². The smallest absolute Gasteiger partial charge is 0.0897 e. The number of halogens is 1. The molecule has 3 nitrogen and oxygen atoms in total. The predicted molar refractivity (Wildman–Crippen MR) is 82.2 cm³/mol. The summed E-state index contributed by atoms with van der Waals surface area (Å²) in [5.41, 5.74) is 1.21. The van der Waals surface area contributed by atoms with Gasteiger partial charge in [0.2, 0.25) is 0 Å². The van der Waals surface area contributed by atoms with Gasteiger partial charge in [-0.2, -0.15) is 0 Å². The second-order valence-corrected chi connectivity index (χ2v) is 6.18. The van der Waals surface area contributed by atoms with Crippen LogP contribution in [0.4, 0.5) is 0 Å². The van der Waals surface area contributed by atoms with Crippen LogP contribution in [0.1, 0.15) is 32.4 Å². The number of nitrogens with one attached hydrogen (secondary N) is 1. The molecular formula is C15H24BrNO2. The topological polar surface area (TPSA) is 41.5 Å².